The Morgan fingerprint density at radius 3 is 2.31 bits per heavy atom. The van der Waals surface area contributed by atoms with Gasteiger partial charge in [-0.2, -0.15) is 0 Å². The van der Waals surface area contributed by atoms with Gasteiger partial charge in [-0.3, -0.25) is 15.0 Å². The summed E-state index contributed by atoms with van der Waals surface area (Å²) in [6.45, 7) is 4.68. The van der Waals surface area contributed by atoms with E-state index in [1.807, 2.05) is 60.7 Å². The van der Waals surface area contributed by atoms with Crippen molar-refractivity contribution in [3.05, 3.63) is 184 Å². The second-order valence-electron chi connectivity index (χ2n) is 17.9. The van der Waals surface area contributed by atoms with Crippen molar-refractivity contribution in [2.24, 2.45) is 22.9 Å². The van der Waals surface area contributed by atoms with Gasteiger partial charge in [0.05, 0.1) is 29.8 Å². The van der Waals surface area contributed by atoms with Gasteiger partial charge in [-0.15, -0.1) is 18.3 Å². The number of allylic oxidation sites excluding steroid dienone is 1. The summed E-state index contributed by atoms with van der Waals surface area (Å²) in [7, 11) is 0. The smallest absolute Gasteiger partial charge is 0.416 e. The van der Waals surface area contributed by atoms with E-state index in [0.717, 1.165) is 53.0 Å². The average molecular weight is 986 g/mol. The van der Waals surface area contributed by atoms with Crippen LogP contribution >= 0.6 is 11.8 Å². The number of fused-ring (bicyclic) bond motifs is 2. The lowest BCUT2D eigenvalue weighted by Gasteiger charge is -2.59. The number of oxime groups is 1. The molecule has 2 aliphatic carbocycles. The maximum absolute atomic E-state index is 15.1. The van der Waals surface area contributed by atoms with Crippen LogP contribution in [-0.4, -0.2) is 75.9 Å². The van der Waals surface area contributed by atoms with E-state index in [1.165, 1.54) is 41.3 Å². The van der Waals surface area contributed by atoms with Crippen LogP contribution in [0.1, 0.15) is 67.6 Å². The van der Waals surface area contributed by atoms with E-state index in [2.05, 4.69) is 30.9 Å². The number of halogens is 1. The first-order chi connectivity index (χ1) is 34.7. The summed E-state index contributed by atoms with van der Waals surface area (Å²) in [6, 6.07) is 35.8. The largest absolute Gasteiger partial charge is 0.493 e. The number of ether oxygens (including phenoxy) is 4. The molecule has 372 valence electrons. The third kappa shape index (κ3) is 12.3. The molecule has 1 fully saturated rings. The summed E-state index contributed by atoms with van der Waals surface area (Å²) >= 11 is 1.71. The van der Waals surface area contributed by atoms with Gasteiger partial charge in [0, 0.05) is 60.4 Å². The Hall–Kier alpha value is -6.52. The SMILES string of the molecule is C=CCOC12Oc3ccc(OCCSc4ccccc4)cc3C3C(CCCCO)C(CCCCO)C=C(C(=NOCc4ccccc4)CC1N(Cc1ccc(F)cc1)C(=O)Oc1ccc([N+](=O)[O-])cc1)C32. The van der Waals surface area contributed by atoms with Gasteiger partial charge in [0.25, 0.3) is 5.69 Å². The fraction of sp³-hybridized carbons (Fsp3) is 0.357. The molecule has 1 saturated carbocycles. The molecule has 8 rings (SSSR count). The molecular weight excluding hydrogens is 926 g/mol. The van der Waals surface area contributed by atoms with Crippen molar-refractivity contribution in [2.45, 2.75) is 80.7 Å². The number of unbranched alkanes of at least 4 members (excludes halogenated alkanes) is 2. The summed E-state index contributed by atoms with van der Waals surface area (Å²) < 4.78 is 41.6. The van der Waals surface area contributed by atoms with Gasteiger partial charge in [0.2, 0.25) is 5.79 Å². The van der Waals surface area contributed by atoms with Gasteiger partial charge in [0.15, 0.2) is 0 Å². The van der Waals surface area contributed by atoms with Crippen LogP contribution < -0.4 is 14.2 Å². The van der Waals surface area contributed by atoms with Crippen LogP contribution in [0.5, 0.6) is 17.2 Å². The lowest BCUT2D eigenvalue weighted by Crippen LogP contribution is -2.70. The van der Waals surface area contributed by atoms with Gasteiger partial charge in [-0.05, 0) is 109 Å². The number of rotatable bonds is 24. The molecule has 0 aromatic heterocycles. The molecule has 1 heterocycles. The molecule has 0 radical (unpaired) electrons. The van der Waals surface area contributed by atoms with Gasteiger partial charge < -0.3 is 34.0 Å². The summed E-state index contributed by atoms with van der Waals surface area (Å²) in [4.78, 5) is 35.0. The predicted octanol–water partition coefficient (Wildman–Crippen LogP) is 11.4. The molecule has 2 N–H and O–H groups in total. The first-order valence-corrected chi connectivity index (χ1v) is 25.2. The number of benzene rings is 5. The van der Waals surface area contributed by atoms with Crippen molar-refractivity contribution in [2.75, 3.05) is 32.2 Å². The minimum Gasteiger partial charge on any atom is -0.493 e. The minimum absolute atomic E-state index is 0.00955. The van der Waals surface area contributed by atoms with Crippen LogP contribution in [0, 0.1) is 33.7 Å². The molecule has 13 nitrogen and oxygen atoms in total. The van der Waals surface area contributed by atoms with Crippen LogP contribution in [0.25, 0.3) is 0 Å². The van der Waals surface area contributed by atoms with E-state index in [4.69, 9.17) is 28.9 Å². The molecule has 6 atom stereocenters. The van der Waals surface area contributed by atoms with Crippen LogP contribution in [0.3, 0.4) is 0 Å². The second kappa shape index (κ2) is 24.5. The molecule has 71 heavy (non-hydrogen) atoms. The molecule has 3 aliphatic rings. The van der Waals surface area contributed by atoms with Gasteiger partial charge in [0.1, 0.15) is 35.7 Å². The number of aliphatic hydroxyl groups excluding tert-OH is 2. The van der Waals surface area contributed by atoms with Crippen LogP contribution in [0.2, 0.25) is 0 Å². The number of nitro benzene ring substituents is 1. The van der Waals surface area contributed by atoms with Crippen LogP contribution in [-0.2, 0) is 22.7 Å². The number of nitro groups is 1. The number of amides is 1. The number of nitrogens with zero attached hydrogens (tertiary/aromatic N) is 3. The first-order valence-electron chi connectivity index (χ1n) is 24.2. The number of carbonyl (C=O) groups excluding carboxylic acids is 1. The monoisotopic (exact) mass is 985 g/mol. The minimum atomic E-state index is -1.63. The highest BCUT2D eigenvalue weighted by atomic mass is 32.2. The van der Waals surface area contributed by atoms with Crippen molar-refractivity contribution >= 4 is 29.3 Å². The van der Waals surface area contributed by atoms with Crippen LogP contribution in [0.15, 0.2) is 162 Å². The van der Waals surface area contributed by atoms with Crippen molar-refractivity contribution in [3.63, 3.8) is 0 Å². The van der Waals surface area contributed by atoms with Gasteiger partial charge in [-0.1, -0.05) is 90.8 Å². The number of hydrogen-bond donors (Lipinski definition) is 2. The molecule has 5 aromatic carbocycles. The lowest BCUT2D eigenvalue weighted by atomic mass is 9.55. The highest BCUT2D eigenvalue weighted by Crippen LogP contribution is 2.62. The summed E-state index contributed by atoms with van der Waals surface area (Å²) in [5.74, 6) is -1.11. The highest BCUT2D eigenvalue weighted by molar-refractivity contribution is 7.99. The molecule has 0 bridgehead atoms. The average Bonchev–Trinajstić information content (AvgIpc) is 3.39. The lowest BCUT2D eigenvalue weighted by molar-refractivity contribution is -0.384. The zero-order valence-electron chi connectivity index (χ0n) is 39.6. The van der Waals surface area contributed by atoms with Crippen LogP contribution in [0.4, 0.5) is 14.9 Å². The molecule has 1 aliphatic heterocycles. The van der Waals surface area contributed by atoms with Crippen molar-refractivity contribution < 1.29 is 48.1 Å². The Bertz CT molecular complexity index is 2620. The molecule has 5 aromatic rings. The van der Waals surface area contributed by atoms with E-state index in [-0.39, 0.29) is 68.6 Å². The molecule has 0 spiro atoms. The fourth-order valence-electron chi connectivity index (χ4n) is 10.2. The Morgan fingerprint density at radius 2 is 1.61 bits per heavy atom. The highest BCUT2D eigenvalue weighted by Gasteiger charge is 2.65. The topological polar surface area (TPSA) is 162 Å². The number of hydrogen-bond acceptors (Lipinski definition) is 12. The van der Waals surface area contributed by atoms with Crippen molar-refractivity contribution in [3.8, 4) is 17.2 Å². The van der Waals surface area contributed by atoms with E-state index in [9.17, 15) is 24.7 Å². The standard InChI is InChI=1S/C56H60FN3O10S/c1-2-31-67-56-52(59(37-39-19-21-42(57)22-20-39)55(63)69-44-25-23-43(24-26-44)60(64)65)36-50(58-68-38-40-13-5-3-6-14-40)48-34-41(15-9-11-29-61)47(18-10-12-30-62)53(54(48)56)49-35-45(27-28-51(49)70-56)66-32-33-71-46-16-7-4-8-17-46/h2-8,13-14,16-17,19-28,34-35,41,47,52-54,61-62H,1,9-12,15,18,29-33,36-38H2. The van der Waals surface area contributed by atoms with E-state index < -0.39 is 34.6 Å². The maximum Gasteiger partial charge on any atom is 0.416 e. The Balaban J connectivity index is 1.29. The van der Waals surface area contributed by atoms with Gasteiger partial charge >= 0.3 is 6.09 Å². The summed E-state index contributed by atoms with van der Waals surface area (Å²) in [6.07, 6.45) is 7.37. The Kier molecular flexibility index (Phi) is 17.6. The molecule has 0 saturated heterocycles. The summed E-state index contributed by atoms with van der Waals surface area (Å²) in [5, 5.41) is 36.6. The Labute approximate surface area is 418 Å². The number of carbonyl (C=O) groups is 1. The predicted molar refractivity (Wildman–Crippen MR) is 270 cm³/mol. The van der Waals surface area contributed by atoms with E-state index in [1.54, 1.807) is 30.0 Å². The van der Waals surface area contributed by atoms with Crippen molar-refractivity contribution in [1.82, 2.24) is 4.90 Å². The van der Waals surface area contributed by atoms with E-state index in [0.29, 0.717) is 42.2 Å². The Morgan fingerprint density at radius 1 is 0.901 bits per heavy atom. The normalized spacial score (nSPS) is 21.5. The second-order valence-corrected chi connectivity index (χ2v) is 19.1. The molecule has 15 heteroatoms. The van der Waals surface area contributed by atoms with E-state index >= 15 is 4.79 Å². The number of aliphatic hydroxyl groups is 2. The number of thioether (sulfide) groups is 1. The third-order valence-corrected chi connectivity index (χ3v) is 14.4. The van der Waals surface area contributed by atoms with Gasteiger partial charge in [-0.25, -0.2) is 9.18 Å². The maximum atomic E-state index is 15.1. The zero-order valence-corrected chi connectivity index (χ0v) is 40.4. The third-order valence-electron chi connectivity index (χ3n) is 13.4. The zero-order chi connectivity index (χ0) is 49.6. The first kappa shape index (κ1) is 50.9. The molecule has 6 unspecified atom stereocenters. The van der Waals surface area contributed by atoms with Crippen molar-refractivity contribution in [1.29, 1.82) is 0 Å². The fourth-order valence-corrected chi connectivity index (χ4v) is 11.0. The molecular formula is C56H60FN3O10S. The number of non-ortho nitro benzene ring substituents is 1. The quantitative estimate of drug-likeness (QED) is 0.0199. The summed E-state index contributed by atoms with van der Waals surface area (Å²) in [5.41, 5.74) is 3.63. The molecule has 1 amide bonds.